The molecule has 0 fully saturated rings. The van der Waals surface area contributed by atoms with Crippen LogP contribution >= 0.6 is 11.3 Å². The van der Waals surface area contributed by atoms with E-state index in [-0.39, 0.29) is 17.6 Å². The minimum Gasteiger partial charge on any atom is -0.459 e. The number of hydrogen-bond donors (Lipinski definition) is 1. The summed E-state index contributed by atoms with van der Waals surface area (Å²) in [5.41, 5.74) is 6.50. The Bertz CT molecular complexity index is 667. The number of ether oxygens (including phenoxy) is 2. The van der Waals surface area contributed by atoms with Gasteiger partial charge < -0.3 is 15.2 Å². The molecule has 3 rings (SSSR count). The van der Waals surface area contributed by atoms with Crippen molar-refractivity contribution in [3.63, 3.8) is 0 Å². The number of nitrogens with two attached hydrogens (primary N) is 1. The monoisotopic (exact) mass is 288 g/mol. The first-order valence-corrected chi connectivity index (χ1v) is 7.04. The molecule has 1 aromatic heterocycles. The van der Waals surface area contributed by atoms with Gasteiger partial charge in [0.15, 0.2) is 0 Å². The zero-order chi connectivity index (χ0) is 14.3. The van der Waals surface area contributed by atoms with Gasteiger partial charge in [0.05, 0.1) is 11.5 Å². The third-order valence-electron chi connectivity index (χ3n) is 3.33. The highest BCUT2D eigenvalue weighted by molar-refractivity contribution is 7.10. The summed E-state index contributed by atoms with van der Waals surface area (Å²) in [7, 11) is 0. The maximum Gasteiger partial charge on any atom is 0.338 e. The highest BCUT2D eigenvalue weighted by Gasteiger charge is 2.41. The number of nitriles is 1. The van der Waals surface area contributed by atoms with Crippen LogP contribution in [0.2, 0.25) is 0 Å². The second-order valence-electron chi connectivity index (χ2n) is 4.70. The minimum absolute atomic E-state index is 0.0755. The SMILES string of the molecule is C[C@H]1CC2=C(C(=O)O1)[C@H](c1cccs1)C(C#N)=C(N)O2. The molecule has 20 heavy (non-hydrogen) atoms. The Morgan fingerprint density at radius 2 is 2.35 bits per heavy atom. The Morgan fingerprint density at radius 3 is 3.00 bits per heavy atom. The van der Waals surface area contributed by atoms with E-state index in [1.807, 2.05) is 17.5 Å². The summed E-state index contributed by atoms with van der Waals surface area (Å²) in [6.07, 6.45) is 0.226. The van der Waals surface area contributed by atoms with Crippen molar-refractivity contribution in [3.8, 4) is 6.07 Å². The van der Waals surface area contributed by atoms with Crippen LogP contribution in [0, 0.1) is 11.3 Å². The third kappa shape index (κ3) is 1.87. The topological polar surface area (TPSA) is 85.3 Å². The highest BCUT2D eigenvalue weighted by atomic mass is 32.1. The molecule has 2 atom stereocenters. The number of esters is 1. The van der Waals surface area contributed by atoms with Gasteiger partial charge in [-0.15, -0.1) is 11.3 Å². The summed E-state index contributed by atoms with van der Waals surface area (Å²) in [5.74, 6) is -0.323. The zero-order valence-corrected chi connectivity index (χ0v) is 11.6. The van der Waals surface area contributed by atoms with Crippen molar-refractivity contribution in [1.82, 2.24) is 0 Å². The first-order valence-electron chi connectivity index (χ1n) is 6.16. The van der Waals surface area contributed by atoms with Crippen molar-refractivity contribution in [2.24, 2.45) is 5.73 Å². The van der Waals surface area contributed by atoms with Gasteiger partial charge in [-0.2, -0.15) is 5.26 Å². The van der Waals surface area contributed by atoms with Crippen molar-refractivity contribution in [2.75, 3.05) is 0 Å². The van der Waals surface area contributed by atoms with Crippen LogP contribution in [-0.2, 0) is 14.3 Å². The van der Waals surface area contributed by atoms with Crippen molar-refractivity contribution in [2.45, 2.75) is 25.4 Å². The third-order valence-corrected chi connectivity index (χ3v) is 4.26. The second kappa shape index (κ2) is 4.69. The van der Waals surface area contributed by atoms with Gasteiger partial charge in [0.25, 0.3) is 0 Å². The Kier molecular flexibility index (Phi) is 2.99. The number of hydrogen-bond acceptors (Lipinski definition) is 6. The molecule has 2 N–H and O–H groups in total. The van der Waals surface area contributed by atoms with Gasteiger partial charge >= 0.3 is 5.97 Å². The normalized spacial score (nSPS) is 25.7. The number of cyclic esters (lactones) is 1. The maximum absolute atomic E-state index is 12.2. The number of carbonyl (C=O) groups excluding carboxylic acids is 1. The van der Waals surface area contributed by atoms with Crippen LogP contribution in [0.4, 0.5) is 0 Å². The Labute approximate surface area is 119 Å². The number of carbonyl (C=O) groups is 1. The lowest BCUT2D eigenvalue weighted by molar-refractivity contribution is -0.146. The summed E-state index contributed by atoms with van der Waals surface area (Å²) in [5, 5.41) is 11.2. The molecule has 3 heterocycles. The molecule has 102 valence electrons. The summed E-state index contributed by atoms with van der Waals surface area (Å²) in [6, 6.07) is 5.80. The van der Waals surface area contributed by atoms with Gasteiger partial charge in [-0.05, 0) is 18.4 Å². The van der Waals surface area contributed by atoms with Gasteiger partial charge in [0, 0.05) is 11.3 Å². The van der Waals surface area contributed by atoms with Gasteiger partial charge in [0.1, 0.15) is 23.5 Å². The molecule has 0 unspecified atom stereocenters. The van der Waals surface area contributed by atoms with E-state index in [0.717, 1.165) is 4.88 Å². The number of thiophene rings is 1. The summed E-state index contributed by atoms with van der Waals surface area (Å²) in [6.45, 7) is 1.80. The lowest BCUT2D eigenvalue weighted by Crippen LogP contribution is -2.32. The van der Waals surface area contributed by atoms with Crippen molar-refractivity contribution < 1.29 is 14.3 Å². The van der Waals surface area contributed by atoms with Crippen LogP contribution in [-0.4, -0.2) is 12.1 Å². The van der Waals surface area contributed by atoms with Crippen molar-refractivity contribution >= 4 is 17.3 Å². The molecular formula is C14H12N2O3S. The molecular weight excluding hydrogens is 276 g/mol. The molecule has 6 heteroatoms. The Morgan fingerprint density at radius 1 is 1.55 bits per heavy atom. The van der Waals surface area contributed by atoms with E-state index in [1.165, 1.54) is 11.3 Å². The average molecular weight is 288 g/mol. The van der Waals surface area contributed by atoms with Crippen LogP contribution in [0.25, 0.3) is 0 Å². The van der Waals surface area contributed by atoms with Gasteiger partial charge in [-0.3, -0.25) is 0 Å². The zero-order valence-electron chi connectivity index (χ0n) is 10.8. The van der Waals surface area contributed by atoms with Crippen LogP contribution < -0.4 is 5.73 Å². The fourth-order valence-corrected chi connectivity index (χ4v) is 3.33. The van der Waals surface area contributed by atoms with Gasteiger partial charge in [-0.1, -0.05) is 6.07 Å². The Balaban J connectivity index is 2.16. The lowest BCUT2D eigenvalue weighted by atomic mass is 9.85. The predicted molar refractivity (Wildman–Crippen MR) is 72.2 cm³/mol. The van der Waals surface area contributed by atoms with E-state index >= 15 is 0 Å². The van der Waals surface area contributed by atoms with Crippen molar-refractivity contribution in [1.29, 1.82) is 5.26 Å². The van der Waals surface area contributed by atoms with Crippen LogP contribution in [0.15, 0.2) is 40.3 Å². The standard InChI is InChI=1S/C14H12N2O3S/c1-7-5-9-12(14(17)18-7)11(10-3-2-4-20-10)8(6-15)13(16)19-9/h2-4,7,11H,5,16H2,1H3/t7-,11-/m0/s1. The fourth-order valence-electron chi connectivity index (χ4n) is 2.48. The molecule has 5 nitrogen and oxygen atoms in total. The largest absolute Gasteiger partial charge is 0.459 e. The van der Waals surface area contributed by atoms with E-state index in [2.05, 4.69) is 6.07 Å². The molecule has 0 saturated carbocycles. The summed E-state index contributed by atoms with van der Waals surface area (Å²) in [4.78, 5) is 13.1. The molecule has 0 amide bonds. The molecule has 0 bridgehead atoms. The van der Waals surface area contributed by atoms with Crippen LogP contribution in [0.1, 0.15) is 24.1 Å². The molecule has 1 aromatic rings. The molecule has 2 aliphatic rings. The predicted octanol–water partition coefficient (Wildman–Crippen LogP) is 2.15. The first kappa shape index (κ1) is 12.8. The lowest BCUT2D eigenvalue weighted by Gasteiger charge is -2.32. The van der Waals surface area contributed by atoms with E-state index in [9.17, 15) is 10.1 Å². The molecule has 0 spiro atoms. The van der Waals surface area contributed by atoms with E-state index in [4.69, 9.17) is 15.2 Å². The first-order chi connectivity index (χ1) is 9.61. The molecule has 0 radical (unpaired) electrons. The number of rotatable bonds is 1. The van der Waals surface area contributed by atoms with Gasteiger partial charge in [0.2, 0.25) is 5.88 Å². The van der Waals surface area contributed by atoms with Crippen molar-refractivity contribution in [3.05, 3.63) is 45.2 Å². The van der Waals surface area contributed by atoms with Crippen LogP contribution in [0.5, 0.6) is 0 Å². The smallest absolute Gasteiger partial charge is 0.338 e. The summed E-state index contributed by atoms with van der Waals surface area (Å²) >= 11 is 1.47. The van der Waals surface area contributed by atoms with Gasteiger partial charge in [-0.25, -0.2) is 4.79 Å². The molecule has 0 saturated heterocycles. The van der Waals surface area contributed by atoms with E-state index < -0.39 is 11.9 Å². The highest BCUT2D eigenvalue weighted by Crippen LogP contribution is 2.44. The molecule has 0 aromatic carbocycles. The van der Waals surface area contributed by atoms with Crippen LogP contribution in [0.3, 0.4) is 0 Å². The average Bonchev–Trinajstić information content (AvgIpc) is 2.90. The molecule has 0 aliphatic carbocycles. The fraction of sp³-hybridized carbons (Fsp3) is 0.286. The van der Waals surface area contributed by atoms with E-state index in [1.54, 1.807) is 6.92 Å². The summed E-state index contributed by atoms with van der Waals surface area (Å²) < 4.78 is 10.7. The number of nitrogens with zero attached hydrogens (tertiary/aromatic N) is 1. The Hall–Kier alpha value is -2.26. The number of allylic oxidation sites excluding steroid dienone is 1. The second-order valence-corrected chi connectivity index (χ2v) is 5.68. The maximum atomic E-state index is 12.2. The molecule has 2 aliphatic heterocycles. The quantitative estimate of drug-likeness (QED) is 0.800. The minimum atomic E-state index is -0.483. The van der Waals surface area contributed by atoms with E-state index in [0.29, 0.717) is 17.8 Å².